The maximum absolute atomic E-state index is 13.8. The van der Waals surface area contributed by atoms with Gasteiger partial charge in [-0.1, -0.05) is 15.9 Å². The van der Waals surface area contributed by atoms with Gasteiger partial charge in [0.05, 0.1) is 12.8 Å². The fourth-order valence-electron chi connectivity index (χ4n) is 1.63. The van der Waals surface area contributed by atoms with Gasteiger partial charge in [-0.2, -0.15) is 0 Å². The topological polar surface area (TPSA) is 47.3 Å². The number of anilines is 3. The van der Waals surface area contributed by atoms with Gasteiger partial charge < -0.3 is 15.8 Å². The maximum atomic E-state index is 13.8. The summed E-state index contributed by atoms with van der Waals surface area (Å²) in [5.74, 6) is -3.02. The molecule has 2 aromatic carbocycles. The molecule has 0 aromatic heterocycles. The van der Waals surface area contributed by atoms with Crippen LogP contribution in [0.5, 0.6) is 5.75 Å². The number of rotatable bonds is 3. The first kappa shape index (κ1) is 14.5. The molecule has 0 atom stereocenters. The third-order valence-corrected chi connectivity index (χ3v) is 3.13. The number of ether oxygens (including phenoxy) is 1. The number of nitrogens with two attached hydrogens (primary N) is 1. The molecule has 0 unspecified atom stereocenters. The lowest BCUT2D eigenvalue weighted by molar-refractivity contribution is 0.409. The molecule has 0 amide bonds. The molecule has 0 saturated carbocycles. The second-order valence-corrected chi connectivity index (χ2v) is 4.83. The van der Waals surface area contributed by atoms with E-state index >= 15 is 0 Å². The molecular formula is C13H10BrF3N2O. The summed E-state index contributed by atoms with van der Waals surface area (Å²) in [5.41, 5.74) is 5.11. The predicted molar refractivity (Wildman–Crippen MR) is 74.7 cm³/mol. The van der Waals surface area contributed by atoms with Crippen molar-refractivity contribution in [3.63, 3.8) is 0 Å². The van der Waals surface area contributed by atoms with Crippen molar-refractivity contribution in [3.8, 4) is 5.75 Å². The number of nitrogens with one attached hydrogen (secondary N) is 1. The molecule has 0 aliphatic rings. The molecule has 20 heavy (non-hydrogen) atoms. The lowest BCUT2D eigenvalue weighted by Gasteiger charge is -2.14. The molecule has 3 N–H and O–H groups in total. The number of methoxy groups -OCH3 is 1. The SMILES string of the molecule is COc1cc(F)c(F)c(Nc2ccc(Br)cc2F)c1N. The van der Waals surface area contributed by atoms with E-state index in [0.29, 0.717) is 4.47 Å². The highest BCUT2D eigenvalue weighted by molar-refractivity contribution is 9.10. The second-order valence-electron chi connectivity index (χ2n) is 3.91. The Morgan fingerprint density at radius 2 is 1.85 bits per heavy atom. The fourth-order valence-corrected chi connectivity index (χ4v) is 1.97. The summed E-state index contributed by atoms with van der Waals surface area (Å²) >= 11 is 3.10. The van der Waals surface area contributed by atoms with Gasteiger partial charge in [0.2, 0.25) is 0 Å². The van der Waals surface area contributed by atoms with Crippen LogP contribution in [0, 0.1) is 17.5 Å². The number of hydrogen-bond donors (Lipinski definition) is 2. The van der Waals surface area contributed by atoms with Gasteiger partial charge in [-0.05, 0) is 18.2 Å². The van der Waals surface area contributed by atoms with Crippen molar-refractivity contribution in [1.82, 2.24) is 0 Å². The largest absolute Gasteiger partial charge is 0.494 e. The first-order valence-electron chi connectivity index (χ1n) is 5.47. The Morgan fingerprint density at radius 1 is 1.15 bits per heavy atom. The minimum atomic E-state index is -1.20. The van der Waals surface area contributed by atoms with Crippen LogP contribution in [0.25, 0.3) is 0 Å². The van der Waals surface area contributed by atoms with Crippen molar-refractivity contribution in [2.45, 2.75) is 0 Å². The molecule has 106 valence electrons. The molecule has 0 bridgehead atoms. The summed E-state index contributed by atoms with van der Waals surface area (Å²) in [6.45, 7) is 0. The van der Waals surface area contributed by atoms with Crippen LogP contribution in [-0.2, 0) is 0 Å². The van der Waals surface area contributed by atoms with E-state index in [1.54, 1.807) is 6.07 Å². The molecule has 0 fully saturated rings. The van der Waals surface area contributed by atoms with E-state index in [0.717, 1.165) is 6.07 Å². The Hall–Kier alpha value is -1.89. The maximum Gasteiger partial charge on any atom is 0.184 e. The third-order valence-electron chi connectivity index (χ3n) is 2.63. The third kappa shape index (κ3) is 2.67. The molecule has 2 rings (SSSR count). The van der Waals surface area contributed by atoms with E-state index in [4.69, 9.17) is 10.5 Å². The highest BCUT2D eigenvalue weighted by atomic mass is 79.9. The van der Waals surface area contributed by atoms with Crippen LogP contribution in [0.15, 0.2) is 28.7 Å². The van der Waals surface area contributed by atoms with Gasteiger partial charge in [0, 0.05) is 10.5 Å². The molecule has 3 nitrogen and oxygen atoms in total. The standard InChI is InChI=1S/C13H10BrF3N2O/c1-20-10-5-8(16)11(17)13(12(10)18)19-9-3-2-6(14)4-7(9)15/h2-5,19H,18H2,1H3. The molecule has 0 spiro atoms. The minimum Gasteiger partial charge on any atom is -0.494 e. The van der Waals surface area contributed by atoms with Gasteiger partial charge >= 0.3 is 0 Å². The van der Waals surface area contributed by atoms with Crippen molar-refractivity contribution < 1.29 is 17.9 Å². The van der Waals surface area contributed by atoms with Crippen molar-refractivity contribution >= 4 is 33.0 Å². The zero-order valence-electron chi connectivity index (χ0n) is 10.3. The van der Waals surface area contributed by atoms with E-state index in [1.807, 2.05) is 0 Å². The van der Waals surface area contributed by atoms with Crippen molar-refractivity contribution in [2.24, 2.45) is 0 Å². The van der Waals surface area contributed by atoms with E-state index in [-0.39, 0.29) is 22.8 Å². The highest BCUT2D eigenvalue weighted by Crippen LogP contribution is 2.36. The van der Waals surface area contributed by atoms with Crippen molar-refractivity contribution in [2.75, 3.05) is 18.2 Å². The van der Waals surface area contributed by atoms with E-state index < -0.39 is 17.5 Å². The zero-order chi connectivity index (χ0) is 14.9. The quantitative estimate of drug-likeness (QED) is 0.818. The van der Waals surface area contributed by atoms with Gasteiger partial charge in [0.25, 0.3) is 0 Å². The van der Waals surface area contributed by atoms with Gasteiger partial charge in [0.1, 0.15) is 22.9 Å². The summed E-state index contributed by atoms with van der Waals surface area (Å²) < 4.78 is 46.2. The lowest BCUT2D eigenvalue weighted by atomic mass is 10.2. The molecule has 0 aliphatic heterocycles. The summed E-state index contributed by atoms with van der Waals surface area (Å²) in [6, 6.07) is 4.94. The van der Waals surface area contributed by atoms with E-state index in [9.17, 15) is 13.2 Å². The van der Waals surface area contributed by atoms with Crippen LogP contribution in [0.1, 0.15) is 0 Å². The minimum absolute atomic E-state index is 0.0357. The summed E-state index contributed by atoms with van der Waals surface area (Å²) in [7, 11) is 1.27. The molecular weight excluding hydrogens is 337 g/mol. The molecule has 7 heteroatoms. The first-order valence-corrected chi connectivity index (χ1v) is 6.27. The van der Waals surface area contributed by atoms with Crippen LogP contribution in [-0.4, -0.2) is 7.11 Å². The average Bonchev–Trinajstić information content (AvgIpc) is 2.41. The number of benzene rings is 2. The molecule has 0 radical (unpaired) electrons. The van der Waals surface area contributed by atoms with Crippen molar-refractivity contribution in [1.29, 1.82) is 0 Å². The first-order chi connectivity index (χ1) is 9.43. The molecule has 2 aromatic rings. The van der Waals surface area contributed by atoms with Gasteiger partial charge in [-0.25, -0.2) is 13.2 Å². The smallest absolute Gasteiger partial charge is 0.184 e. The highest BCUT2D eigenvalue weighted by Gasteiger charge is 2.18. The van der Waals surface area contributed by atoms with Crippen LogP contribution >= 0.6 is 15.9 Å². The number of halogens is 4. The van der Waals surface area contributed by atoms with Crippen molar-refractivity contribution in [3.05, 3.63) is 46.2 Å². The Labute approximate surface area is 121 Å². The zero-order valence-corrected chi connectivity index (χ0v) is 11.9. The van der Waals surface area contributed by atoms with Crippen LogP contribution in [0.4, 0.5) is 30.2 Å². The Balaban J connectivity index is 2.50. The molecule has 0 heterocycles. The summed E-state index contributed by atoms with van der Waals surface area (Å²) in [4.78, 5) is 0. The van der Waals surface area contributed by atoms with Crippen LogP contribution in [0.3, 0.4) is 0 Å². The Morgan fingerprint density at radius 3 is 2.45 bits per heavy atom. The van der Waals surface area contributed by atoms with Crippen LogP contribution < -0.4 is 15.8 Å². The molecule has 0 aliphatic carbocycles. The number of hydrogen-bond acceptors (Lipinski definition) is 3. The lowest BCUT2D eigenvalue weighted by Crippen LogP contribution is -2.05. The monoisotopic (exact) mass is 346 g/mol. The van der Waals surface area contributed by atoms with E-state index in [1.165, 1.54) is 19.2 Å². The average molecular weight is 347 g/mol. The van der Waals surface area contributed by atoms with Crippen LogP contribution in [0.2, 0.25) is 0 Å². The fraction of sp³-hybridized carbons (Fsp3) is 0.0769. The van der Waals surface area contributed by atoms with Gasteiger partial charge in [-0.15, -0.1) is 0 Å². The van der Waals surface area contributed by atoms with Gasteiger partial charge in [0.15, 0.2) is 11.6 Å². The predicted octanol–water partition coefficient (Wildman–Crippen LogP) is 4.20. The summed E-state index contributed by atoms with van der Waals surface area (Å²) in [6.07, 6.45) is 0. The summed E-state index contributed by atoms with van der Waals surface area (Å²) in [5, 5.41) is 2.44. The second kappa shape index (κ2) is 5.62. The van der Waals surface area contributed by atoms with Gasteiger partial charge in [-0.3, -0.25) is 0 Å². The molecule has 0 saturated heterocycles. The Bertz CT molecular complexity index is 665. The normalized spacial score (nSPS) is 10.4. The number of nitrogen functional groups attached to an aromatic ring is 1. The Kier molecular flexibility index (Phi) is 4.08. The van der Waals surface area contributed by atoms with E-state index in [2.05, 4.69) is 21.2 Å².